The van der Waals surface area contributed by atoms with Crippen molar-refractivity contribution in [3.05, 3.63) is 46.5 Å². The Kier molecular flexibility index (Phi) is 4.89. The molecule has 1 heterocycles. The van der Waals surface area contributed by atoms with Crippen LogP contribution in [0.1, 0.15) is 33.3 Å². The minimum atomic E-state index is -0.480. The molecule has 1 aromatic heterocycles. The van der Waals surface area contributed by atoms with Crippen LogP contribution in [0.4, 0.5) is 5.13 Å². The van der Waals surface area contributed by atoms with Crippen LogP contribution < -0.4 is 10.9 Å². The van der Waals surface area contributed by atoms with E-state index in [1.54, 1.807) is 24.4 Å². The molecule has 6 nitrogen and oxygen atoms in total. The summed E-state index contributed by atoms with van der Waals surface area (Å²) in [5.74, 6) is -0.755. The van der Waals surface area contributed by atoms with Gasteiger partial charge in [-0.3, -0.25) is 15.6 Å². The Labute approximate surface area is 126 Å². The lowest BCUT2D eigenvalue weighted by Gasteiger charge is -2.05. The van der Waals surface area contributed by atoms with Gasteiger partial charge in [0.2, 0.25) is 5.13 Å². The molecule has 0 aliphatic rings. The summed E-state index contributed by atoms with van der Waals surface area (Å²) in [4.78, 5) is 27.4. The van der Waals surface area contributed by atoms with E-state index in [1.165, 1.54) is 11.3 Å². The Morgan fingerprint density at radius 2 is 2.00 bits per heavy atom. The van der Waals surface area contributed by atoms with Gasteiger partial charge in [-0.25, -0.2) is 9.78 Å². The standard InChI is InChI=1S/C14H15N3O3S/c1-3-20-13(19)11-8-21-14(15-11)17-16-12(18)10-6-4-9(2)5-7-10/h4-8H,3H2,1-2H3,(H,15,17)(H,16,18). The fraction of sp³-hybridized carbons (Fsp3) is 0.214. The number of amides is 1. The minimum Gasteiger partial charge on any atom is -0.461 e. The minimum absolute atomic E-state index is 0.217. The van der Waals surface area contributed by atoms with Gasteiger partial charge in [0.15, 0.2) is 5.69 Å². The predicted octanol–water partition coefficient (Wildman–Crippen LogP) is 2.39. The van der Waals surface area contributed by atoms with Gasteiger partial charge in [0, 0.05) is 10.9 Å². The van der Waals surface area contributed by atoms with E-state index in [1.807, 2.05) is 19.1 Å². The summed E-state index contributed by atoms with van der Waals surface area (Å²) in [6, 6.07) is 7.19. The molecule has 7 heteroatoms. The molecule has 0 aliphatic carbocycles. The molecule has 0 atom stereocenters. The summed E-state index contributed by atoms with van der Waals surface area (Å²) in [6.07, 6.45) is 0. The van der Waals surface area contributed by atoms with Crippen LogP contribution >= 0.6 is 11.3 Å². The van der Waals surface area contributed by atoms with Crippen molar-refractivity contribution in [3.63, 3.8) is 0 Å². The van der Waals surface area contributed by atoms with Crippen LogP contribution in [0.15, 0.2) is 29.6 Å². The average molecular weight is 305 g/mol. The number of benzene rings is 1. The van der Waals surface area contributed by atoms with E-state index >= 15 is 0 Å². The third-order valence-electron chi connectivity index (χ3n) is 2.59. The molecule has 0 saturated heterocycles. The third kappa shape index (κ3) is 4.03. The fourth-order valence-electron chi connectivity index (χ4n) is 1.52. The van der Waals surface area contributed by atoms with Crippen LogP contribution in [-0.4, -0.2) is 23.5 Å². The molecule has 21 heavy (non-hydrogen) atoms. The lowest BCUT2D eigenvalue weighted by Crippen LogP contribution is -2.29. The Morgan fingerprint density at radius 3 is 2.67 bits per heavy atom. The molecule has 2 rings (SSSR count). The van der Waals surface area contributed by atoms with E-state index < -0.39 is 5.97 Å². The first kappa shape index (κ1) is 15.0. The maximum atomic E-state index is 11.9. The summed E-state index contributed by atoms with van der Waals surface area (Å²) in [6.45, 7) is 3.97. The number of hydrogen-bond acceptors (Lipinski definition) is 6. The summed E-state index contributed by atoms with van der Waals surface area (Å²) in [5, 5.41) is 1.98. The van der Waals surface area contributed by atoms with Crippen LogP contribution in [0, 0.1) is 6.92 Å². The Morgan fingerprint density at radius 1 is 1.29 bits per heavy atom. The number of nitrogens with zero attached hydrogens (tertiary/aromatic N) is 1. The van der Waals surface area contributed by atoms with Crippen molar-refractivity contribution < 1.29 is 14.3 Å². The molecular formula is C14H15N3O3S. The van der Waals surface area contributed by atoms with Gasteiger partial charge < -0.3 is 4.74 Å². The first-order valence-electron chi connectivity index (χ1n) is 6.36. The summed E-state index contributed by atoms with van der Waals surface area (Å²) >= 11 is 1.21. The molecule has 0 radical (unpaired) electrons. The predicted molar refractivity (Wildman–Crippen MR) is 80.3 cm³/mol. The molecule has 0 saturated carbocycles. The zero-order valence-corrected chi connectivity index (χ0v) is 12.5. The number of hydrogen-bond donors (Lipinski definition) is 2. The number of hydrazine groups is 1. The number of carbonyl (C=O) groups excluding carboxylic acids is 2. The van der Waals surface area contributed by atoms with Gasteiger partial charge in [-0.05, 0) is 26.0 Å². The highest BCUT2D eigenvalue weighted by Gasteiger charge is 2.12. The molecule has 1 aromatic carbocycles. The number of ether oxygens (including phenoxy) is 1. The van der Waals surface area contributed by atoms with Crippen LogP contribution in [0.2, 0.25) is 0 Å². The van der Waals surface area contributed by atoms with Gasteiger partial charge in [0.05, 0.1) is 6.61 Å². The van der Waals surface area contributed by atoms with E-state index in [2.05, 4.69) is 15.8 Å². The average Bonchev–Trinajstić information content (AvgIpc) is 2.95. The molecule has 0 spiro atoms. The molecule has 0 unspecified atom stereocenters. The van der Waals surface area contributed by atoms with E-state index in [-0.39, 0.29) is 11.6 Å². The second kappa shape index (κ2) is 6.85. The van der Waals surface area contributed by atoms with E-state index in [0.29, 0.717) is 17.3 Å². The van der Waals surface area contributed by atoms with Gasteiger partial charge in [-0.2, -0.15) is 0 Å². The molecule has 0 bridgehead atoms. The SMILES string of the molecule is CCOC(=O)c1csc(NNC(=O)c2ccc(C)cc2)n1. The van der Waals surface area contributed by atoms with Gasteiger partial charge in [0.1, 0.15) is 0 Å². The highest BCUT2D eigenvalue weighted by Crippen LogP contribution is 2.15. The Balaban J connectivity index is 1.92. The number of carbonyl (C=O) groups is 2. The highest BCUT2D eigenvalue weighted by atomic mass is 32.1. The highest BCUT2D eigenvalue weighted by molar-refractivity contribution is 7.13. The van der Waals surface area contributed by atoms with Crippen molar-refractivity contribution >= 4 is 28.3 Å². The largest absolute Gasteiger partial charge is 0.461 e. The van der Waals surface area contributed by atoms with E-state index in [0.717, 1.165) is 5.56 Å². The quantitative estimate of drug-likeness (QED) is 0.655. The number of rotatable bonds is 5. The number of esters is 1. The molecule has 0 aliphatic heterocycles. The van der Waals surface area contributed by atoms with Crippen molar-refractivity contribution in [1.29, 1.82) is 0 Å². The molecule has 2 aromatic rings. The zero-order chi connectivity index (χ0) is 15.2. The molecule has 2 N–H and O–H groups in total. The molecule has 1 amide bonds. The van der Waals surface area contributed by atoms with Crippen LogP contribution in [0.25, 0.3) is 0 Å². The summed E-state index contributed by atoms with van der Waals surface area (Å²) < 4.78 is 4.84. The van der Waals surface area contributed by atoms with Crippen molar-refractivity contribution in [1.82, 2.24) is 10.4 Å². The number of thiazole rings is 1. The van der Waals surface area contributed by atoms with Crippen molar-refractivity contribution in [3.8, 4) is 0 Å². The summed E-state index contributed by atoms with van der Waals surface area (Å²) in [7, 11) is 0. The smallest absolute Gasteiger partial charge is 0.357 e. The van der Waals surface area contributed by atoms with E-state index in [9.17, 15) is 9.59 Å². The third-order valence-corrected chi connectivity index (χ3v) is 3.34. The maximum absolute atomic E-state index is 11.9. The van der Waals surface area contributed by atoms with Crippen LogP contribution in [0.3, 0.4) is 0 Å². The first-order valence-corrected chi connectivity index (χ1v) is 7.23. The molecule has 0 fully saturated rings. The van der Waals surface area contributed by atoms with Crippen molar-refractivity contribution in [2.24, 2.45) is 0 Å². The monoisotopic (exact) mass is 305 g/mol. The first-order chi connectivity index (χ1) is 10.1. The Hall–Kier alpha value is -2.41. The second-order valence-corrected chi connectivity index (χ2v) is 5.06. The molecular weight excluding hydrogens is 290 g/mol. The van der Waals surface area contributed by atoms with Crippen molar-refractivity contribution in [2.45, 2.75) is 13.8 Å². The molecule has 110 valence electrons. The van der Waals surface area contributed by atoms with Gasteiger partial charge in [-0.1, -0.05) is 17.7 Å². The second-order valence-electron chi connectivity index (χ2n) is 4.20. The Bertz CT molecular complexity index is 637. The summed E-state index contributed by atoms with van der Waals surface area (Å²) in [5.41, 5.74) is 7.04. The normalized spacial score (nSPS) is 10.0. The van der Waals surface area contributed by atoms with E-state index in [4.69, 9.17) is 4.74 Å². The maximum Gasteiger partial charge on any atom is 0.357 e. The topological polar surface area (TPSA) is 80.3 Å². The number of anilines is 1. The number of nitrogens with one attached hydrogen (secondary N) is 2. The van der Waals surface area contributed by atoms with Gasteiger partial charge in [0.25, 0.3) is 5.91 Å². The number of aromatic nitrogens is 1. The fourth-order valence-corrected chi connectivity index (χ4v) is 2.15. The lowest BCUT2D eigenvalue weighted by molar-refractivity contribution is 0.0520. The van der Waals surface area contributed by atoms with Crippen LogP contribution in [0.5, 0.6) is 0 Å². The lowest BCUT2D eigenvalue weighted by atomic mass is 10.1. The van der Waals surface area contributed by atoms with Crippen molar-refractivity contribution in [2.75, 3.05) is 12.0 Å². The van der Waals surface area contributed by atoms with Crippen LogP contribution in [-0.2, 0) is 4.74 Å². The number of aryl methyl sites for hydroxylation is 1. The van der Waals surface area contributed by atoms with Gasteiger partial charge >= 0.3 is 5.97 Å². The zero-order valence-electron chi connectivity index (χ0n) is 11.7. The van der Waals surface area contributed by atoms with Gasteiger partial charge in [-0.15, -0.1) is 11.3 Å².